The van der Waals surface area contributed by atoms with Crippen molar-refractivity contribution in [2.75, 3.05) is 13.7 Å². The van der Waals surface area contributed by atoms with E-state index >= 15 is 0 Å². The number of methoxy groups -OCH3 is 1. The summed E-state index contributed by atoms with van der Waals surface area (Å²) in [5.74, 6) is -4.81. The van der Waals surface area contributed by atoms with Crippen LogP contribution in [0.4, 0.5) is 0 Å². The van der Waals surface area contributed by atoms with Crippen LogP contribution in [0.3, 0.4) is 0 Å². The van der Waals surface area contributed by atoms with Crippen LogP contribution in [-0.2, 0) is 38.0 Å². The van der Waals surface area contributed by atoms with E-state index in [9.17, 15) is 30.0 Å². The molecule has 4 heterocycles. The van der Waals surface area contributed by atoms with Crippen molar-refractivity contribution in [3.8, 4) is 0 Å². The average molecular weight is 591 g/mol. The molecule has 0 aromatic heterocycles. The number of ether oxygens (including phenoxy) is 6. The maximum Gasteiger partial charge on any atom is 0.331 e. The lowest BCUT2D eigenvalue weighted by atomic mass is 9.43. The van der Waals surface area contributed by atoms with Crippen LogP contribution < -0.4 is 0 Å². The van der Waals surface area contributed by atoms with Gasteiger partial charge in [-0.25, -0.2) is 4.79 Å². The minimum absolute atomic E-state index is 0.0871. The Labute approximate surface area is 242 Å². The summed E-state index contributed by atoms with van der Waals surface area (Å²) in [6, 6.07) is 0. The van der Waals surface area contributed by atoms with E-state index in [4.69, 9.17) is 28.4 Å². The SMILES string of the molecule is CO[C@@H]1C[C@@H](C)O[C@H]2O[C@@H]3C=C4C[C@H]5O[C@]56[C@H]([C@H](O)C(=O)[C@]5(C)[C@@H](C7=CC(=O)OC7)[C@@H](O)C[C@]65O)[C@@]4(C)C[C@H]3O[C@]21O. The molecule has 4 N–H and O–H groups in total. The molecule has 0 aromatic carbocycles. The molecule has 42 heavy (non-hydrogen) atoms. The lowest BCUT2D eigenvalue weighted by molar-refractivity contribution is -0.450. The molecule has 15 atom stereocenters. The van der Waals surface area contributed by atoms with Gasteiger partial charge < -0.3 is 48.8 Å². The predicted molar refractivity (Wildman–Crippen MR) is 138 cm³/mol. The van der Waals surface area contributed by atoms with Gasteiger partial charge in [0, 0.05) is 37.9 Å². The molecule has 1 spiro atoms. The molecule has 8 rings (SSSR count). The van der Waals surface area contributed by atoms with E-state index in [1.165, 1.54) is 13.2 Å². The normalized spacial score (nSPS) is 59.2. The largest absolute Gasteiger partial charge is 0.458 e. The highest BCUT2D eigenvalue weighted by Crippen LogP contribution is 2.76. The molecule has 4 aliphatic heterocycles. The Morgan fingerprint density at radius 2 is 1.83 bits per heavy atom. The summed E-state index contributed by atoms with van der Waals surface area (Å²) in [4.78, 5) is 26.2. The van der Waals surface area contributed by atoms with Gasteiger partial charge in [-0.1, -0.05) is 18.6 Å². The van der Waals surface area contributed by atoms with E-state index in [1.54, 1.807) is 6.92 Å². The van der Waals surface area contributed by atoms with Crippen molar-refractivity contribution in [1.82, 2.24) is 0 Å². The lowest BCUT2D eigenvalue weighted by Crippen LogP contribution is -2.75. The van der Waals surface area contributed by atoms with Crippen LogP contribution in [0.1, 0.15) is 46.5 Å². The van der Waals surface area contributed by atoms with E-state index in [0.29, 0.717) is 18.4 Å². The Morgan fingerprint density at radius 3 is 2.52 bits per heavy atom. The van der Waals surface area contributed by atoms with Gasteiger partial charge in [0.1, 0.15) is 36.1 Å². The molecular formula is C30H38O12. The van der Waals surface area contributed by atoms with Crippen LogP contribution >= 0.6 is 0 Å². The van der Waals surface area contributed by atoms with Crippen molar-refractivity contribution < 1.29 is 58.4 Å². The molecular weight excluding hydrogens is 552 g/mol. The summed E-state index contributed by atoms with van der Waals surface area (Å²) >= 11 is 0. The van der Waals surface area contributed by atoms with Crippen molar-refractivity contribution in [2.24, 2.45) is 22.7 Å². The van der Waals surface area contributed by atoms with Crippen molar-refractivity contribution >= 4 is 11.8 Å². The zero-order chi connectivity index (χ0) is 29.8. The first-order valence-corrected chi connectivity index (χ1v) is 14.9. The third-order valence-corrected chi connectivity index (χ3v) is 12.2. The van der Waals surface area contributed by atoms with Gasteiger partial charge in [0.15, 0.2) is 5.78 Å². The van der Waals surface area contributed by atoms with Gasteiger partial charge in [0.2, 0.25) is 12.1 Å². The highest BCUT2D eigenvalue weighted by atomic mass is 16.8. The summed E-state index contributed by atoms with van der Waals surface area (Å²) in [6.45, 7) is 5.29. The predicted octanol–water partition coefficient (Wildman–Crippen LogP) is -0.352. The fraction of sp³-hybridized carbons (Fsp3) is 0.800. The molecule has 4 aliphatic carbocycles. The van der Waals surface area contributed by atoms with Gasteiger partial charge in [-0.3, -0.25) is 4.79 Å². The van der Waals surface area contributed by atoms with Crippen LogP contribution in [0.5, 0.6) is 0 Å². The molecule has 12 nitrogen and oxygen atoms in total. The molecule has 230 valence electrons. The van der Waals surface area contributed by atoms with E-state index in [0.717, 1.165) is 5.57 Å². The summed E-state index contributed by atoms with van der Waals surface area (Å²) < 4.78 is 35.6. The van der Waals surface area contributed by atoms with Crippen molar-refractivity contribution in [3.63, 3.8) is 0 Å². The quantitative estimate of drug-likeness (QED) is 0.187. The Balaban J connectivity index is 1.19. The number of epoxide rings is 1. The number of carbonyl (C=O) groups is 2. The van der Waals surface area contributed by atoms with E-state index in [1.807, 2.05) is 19.9 Å². The molecule has 8 aliphatic rings. The number of aliphatic hydroxyl groups is 4. The standard InChI is InChI=1S/C30H38O12/c1-12-5-19(37-4)30(36)25(39-12)40-16-7-14-8-18-29(42-18)23(26(14,2)10-17(16)41-30)22(33)24(34)27(3)21(13-6-20(32)38-11-13)15(31)9-28(27,29)35/h6-7,12,15-19,21-23,25,31,33,35-36H,5,8-11H2,1-4H3/t12-,15+,16-,17-,18-,19-,21+,22+,23-,25+,26+,27+,28-,29+,30+/m1/s1. The van der Waals surface area contributed by atoms with Gasteiger partial charge in [0.25, 0.3) is 0 Å². The molecule has 0 amide bonds. The van der Waals surface area contributed by atoms with Gasteiger partial charge in [-0.2, -0.15) is 0 Å². The molecule has 0 bridgehead atoms. The Kier molecular flexibility index (Phi) is 5.48. The fourth-order valence-corrected chi connectivity index (χ4v) is 10.3. The monoisotopic (exact) mass is 590 g/mol. The summed E-state index contributed by atoms with van der Waals surface area (Å²) in [5, 5.41) is 47.5. The van der Waals surface area contributed by atoms with Crippen molar-refractivity contribution in [3.05, 3.63) is 23.3 Å². The minimum Gasteiger partial charge on any atom is -0.458 e. The van der Waals surface area contributed by atoms with Crippen LogP contribution in [0.15, 0.2) is 23.3 Å². The second-order valence-electron chi connectivity index (χ2n) is 14.1. The summed E-state index contributed by atoms with van der Waals surface area (Å²) in [7, 11) is 1.50. The summed E-state index contributed by atoms with van der Waals surface area (Å²) in [6.07, 6.45) is -2.25. The average Bonchev–Trinajstić information content (AvgIpc) is 3.41. The number of fused-ring (bicyclic) bond motifs is 5. The number of Topliss-reactive ketones (excluding diaryl/α,β-unsaturated/α-hetero) is 1. The number of hydrogen-bond acceptors (Lipinski definition) is 12. The van der Waals surface area contributed by atoms with Crippen LogP contribution in [0, 0.1) is 22.7 Å². The number of aliphatic hydroxyl groups excluding tert-OH is 2. The van der Waals surface area contributed by atoms with E-state index in [-0.39, 0.29) is 25.6 Å². The number of rotatable bonds is 2. The van der Waals surface area contributed by atoms with Gasteiger partial charge in [0.05, 0.1) is 29.8 Å². The van der Waals surface area contributed by atoms with Gasteiger partial charge in [-0.05, 0) is 37.7 Å². The minimum atomic E-state index is -1.86. The van der Waals surface area contributed by atoms with Crippen molar-refractivity contribution in [2.45, 2.75) is 112 Å². The third kappa shape index (κ3) is 2.99. The topological polar surface area (TPSA) is 174 Å². The second-order valence-corrected chi connectivity index (χ2v) is 14.1. The highest BCUT2D eigenvalue weighted by Gasteiger charge is 2.89. The molecule has 0 radical (unpaired) electrons. The lowest BCUT2D eigenvalue weighted by Gasteiger charge is -2.62. The number of cyclic esters (lactones) is 1. The zero-order valence-corrected chi connectivity index (χ0v) is 24.0. The molecule has 3 saturated heterocycles. The third-order valence-electron chi connectivity index (χ3n) is 12.2. The van der Waals surface area contributed by atoms with Gasteiger partial charge in [-0.15, -0.1) is 0 Å². The zero-order valence-electron chi connectivity index (χ0n) is 24.0. The first-order chi connectivity index (χ1) is 19.7. The Bertz CT molecular complexity index is 1330. The maximum absolute atomic E-state index is 14.3. The van der Waals surface area contributed by atoms with Gasteiger partial charge >= 0.3 is 5.97 Å². The van der Waals surface area contributed by atoms with Crippen LogP contribution in [0.2, 0.25) is 0 Å². The Hall–Kier alpha value is -1.74. The number of hydrogen-bond donors (Lipinski definition) is 4. The summed E-state index contributed by atoms with van der Waals surface area (Å²) in [5.41, 5.74) is -4.31. The van der Waals surface area contributed by atoms with Crippen molar-refractivity contribution in [1.29, 1.82) is 0 Å². The number of carbonyl (C=O) groups excluding carboxylic acids is 2. The van der Waals surface area contributed by atoms with E-state index in [2.05, 4.69) is 0 Å². The first-order valence-electron chi connectivity index (χ1n) is 14.9. The molecule has 6 fully saturated rings. The molecule has 3 saturated carbocycles. The fourth-order valence-electron chi connectivity index (χ4n) is 10.3. The molecule has 0 aromatic rings. The second kappa shape index (κ2) is 8.29. The number of esters is 1. The number of ketones is 1. The molecule has 0 unspecified atom stereocenters. The van der Waals surface area contributed by atoms with Crippen LogP contribution in [-0.4, -0.2) is 112 Å². The molecule has 12 heteroatoms. The Morgan fingerprint density at radius 1 is 1.07 bits per heavy atom. The van der Waals surface area contributed by atoms with Crippen LogP contribution in [0.25, 0.3) is 0 Å². The smallest absolute Gasteiger partial charge is 0.331 e. The van der Waals surface area contributed by atoms with E-state index < -0.39 is 94.3 Å². The highest BCUT2D eigenvalue weighted by molar-refractivity contribution is 5.94. The first kappa shape index (κ1) is 27.8. The maximum atomic E-state index is 14.3.